The van der Waals surface area contributed by atoms with Gasteiger partial charge in [-0.2, -0.15) is 0 Å². The van der Waals surface area contributed by atoms with Gasteiger partial charge >= 0.3 is 0 Å². The van der Waals surface area contributed by atoms with Crippen molar-refractivity contribution in [2.24, 2.45) is 0 Å². The topological polar surface area (TPSA) is 54.0 Å². The van der Waals surface area contributed by atoms with E-state index >= 15 is 0 Å². The minimum Gasteiger partial charge on any atom is -0.378 e. The fraction of sp³-hybridized carbons (Fsp3) is 0.368. The van der Waals surface area contributed by atoms with E-state index in [-0.39, 0.29) is 0 Å². The van der Waals surface area contributed by atoms with Crippen LogP contribution in [0.4, 0.5) is 0 Å². The fourth-order valence-electron chi connectivity index (χ4n) is 3.36. The molecular weight excluding hydrogens is 300 g/mol. The van der Waals surface area contributed by atoms with E-state index in [9.17, 15) is 0 Å². The van der Waals surface area contributed by atoms with Crippen molar-refractivity contribution in [2.75, 3.05) is 19.8 Å². The number of morpholine rings is 1. The van der Waals surface area contributed by atoms with Crippen LogP contribution in [0.1, 0.15) is 17.7 Å². The van der Waals surface area contributed by atoms with Crippen LogP contribution in [-0.2, 0) is 17.7 Å². The van der Waals surface area contributed by atoms with E-state index in [1.807, 2.05) is 12.4 Å². The first-order chi connectivity index (χ1) is 11.9. The van der Waals surface area contributed by atoms with Gasteiger partial charge in [0.15, 0.2) is 0 Å². The minimum absolute atomic E-state index is 0.431. The van der Waals surface area contributed by atoms with E-state index in [4.69, 9.17) is 4.74 Å². The smallest absolute Gasteiger partial charge is 0.0622 e. The first-order valence-corrected chi connectivity index (χ1v) is 8.51. The van der Waals surface area contributed by atoms with Gasteiger partial charge in [0.05, 0.1) is 18.9 Å². The molecule has 1 aliphatic heterocycles. The number of fused-ring (bicyclic) bond motifs is 1. The summed E-state index contributed by atoms with van der Waals surface area (Å²) in [6.07, 6.45) is 9.31. The van der Waals surface area contributed by atoms with Crippen LogP contribution in [0.3, 0.4) is 0 Å². The molecule has 4 rings (SSSR count). The number of nitrogens with one attached hydrogen (secondary N) is 1. The second-order valence-corrected chi connectivity index (χ2v) is 6.33. The molecule has 1 N–H and O–H groups in total. The van der Waals surface area contributed by atoms with E-state index in [1.165, 1.54) is 16.5 Å². The number of aromatic amines is 1. The summed E-state index contributed by atoms with van der Waals surface area (Å²) >= 11 is 0. The van der Waals surface area contributed by atoms with Gasteiger partial charge in [-0.05, 0) is 35.9 Å². The molecule has 2 aromatic heterocycles. The number of aryl methyl sites for hydroxylation is 1. The van der Waals surface area contributed by atoms with E-state index < -0.39 is 0 Å². The van der Waals surface area contributed by atoms with E-state index in [0.29, 0.717) is 6.04 Å². The van der Waals surface area contributed by atoms with E-state index in [2.05, 4.69) is 44.1 Å². The predicted octanol–water partition coefficient (Wildman–Crippen LogP) is 2.79. The van der Waals surface area contributed by atoms with Crippen LogP contribution >= 0.6 is 0 Å². The van der Waals surface area contributed by atoms with Gasteiger partial charge in [0.2, 0.25) is 0 Å². The third kappa shape index (κ3) is 3.47. The van der Waals surface area contributed by atoms with Crippen LogP contribution in [0.5, 0.6) is 0 Å². The zero-order chi connectivity index (χ0) is 16.2. The molecular formula is C19H22N4O. The van der Waals surface area contributed by atoms with Gasteiger partial charge in [-0.3, -0.25) is 14.9 Å². The molecule has 0 spiro atoms. The lowest BCUT2D eigenvalue weighted by molar-refractivity contribution is -0.0144. The van der Waals surface area contributed by atoms with Crippen LogP contribution < -0.4 is 0 Å². The van der Waals surface area contributed by atoms with Gasteiger partial charge in [-0.1, -0.05) is 12.1 Å². The third-order valence-corrected chi connectivity index (χ3v) is 4.70. The summed E-state index contributed by atoms with van der Waals surface area (Å²) in [6, 6.07) is 9.21. The summed E-state index contributed by atoms with van der Waals surface area (Å²) in [5, 5.41) is 1.26. The molecule has 0 saturated carbocycles. The van der Waals surface area contributed by atoms with Crippen molar-refractivity contribution < 1.29 is 4.74 Å². The Morgan fingerprint density at radius 1 is 1.25 bits per heavy atom. The molecule has 0 radical (unpaired) electrons. The van der Waals surface area contributed by atoms with E-state index in [0.717, 1.165) is 44.8 Å². The standard InChI is InChI=1S/C19H22N4O/c1-2-16-5-6-22-19(16)11-15(1)13-23-9-10-24-14-18(23)4-3-17-12-20-7-8-21-17/h1-2,5-8,11-12,18,22H,3-4,9-10,13-14H2/t18-/m0/s1. The molecule has 1 fully saturated rings. The van der Waals surface area contributed by atoms with Crippen molar-refractivity contribution in [3.63, 3.8) is 0 Å². The van der Waals surface area contributed by atoms with E-state index in [1.54, 1.807) is 12.4 Å². The van der Waals surface area contributed by atoms with Crippen molar-refractivity contribution in [3.8, 4) is 0 Å². The number of hydrogen-bond donors (Lipinski definition) is 1. The molecule has 1 aliphatic rings. The van der Waals surface area contributed by atoms with Gasteiger partial charge in [-0.25, -0.2) is 0 Å². The molecule has 3 aromatic rings. The average Bonchev–Trinajstić information content (AvgIpc) is 3.10. The number of H-pyrrole nitrogens is 1. The van der Waals surface area contributed by atoms with Crippen LogP contribution in [0.2, 0.25) is 0 Å². The highest BCUT2D eigenvalue weighted by atomic mass is 16.5. The number of nitrogens with zero attached hydrogens (tertiary/aromatic N) is 3. The molecule has 1 aromatic carbocycles. The monoisotopic (exact) mass is 322 g/mol. The SMILES string of the molecule is c1cnc(CC[C@H]2COCCN2Cc2ccc3cc[nH]c3c2)cn1. The van der Waals surface area contributed by atoms with Gasteiger partial charge in [-0.15, -0.1) is 0 Å². The van der Waals surface area contributed by atoms with Crippen molar-refractivity contribution in [1.82, 2.24) is 19.9 Å². The maximum atomic E-state index is 5.71. The maximum absolute atomic E-state index is 5.71. The molecule has 124 valence electrons. The summed E-state index contributed by atoms with van der Waals surface area (Å²) < 4.78 is 5.71. The number of rotatable bonds is 5. The number of ether oxygens (including phenoxy) is 1. The second kappa shape index (κ2) is 7.11. The lowest BCUT2D eigenvalue weighted by atomic mass is 10.1. The molecule has 5 nitrogen and oxygen atoms in total. The first-order valence-electron chi connectivity index (χ1n) is 8.51. The zero-order valence-corrected chi connectivity index (χ0v) is 13.7. The van der Waals surface area contributed by atoms with Gasteiger partial charge < -0.3 is 9.72 Å². The van der Waals surface area contributed by atoms with Crippen molar-refractivity contribution in [3.05, 3.63) is 60.3 Å². The summed E-state index contributed by atoms with van der Waals surface area (Å²) in [6.45, 7) is 3.55. The molecule has 5 heteroatoms. The van der Waals surface area contributed by atoms with Crippen molar-refractivity contribution in [1.29, 1.82) is 0 Å². The average molecular weight is 322 g/mol. The predicted molar refractivity (Wildman–Crippen MR) is 93.7 cm³/mol. The normalized spacial score (nSPS) is 18.9. The summed E-state index contributed by atoms with van der Waals surface area (Å²) in [5.74, 6) is 0. The molecule has 0 aliphatic carbocycles. The quantitative estimate of drug-likeness (QED) is 0.785. The Bertz CT molecular complexity index is 786. The van der Waals surface area contributed by atoms with Crippen LogP contribution in [0.25, 0.3) is 10.9 Å². The van der Waals surface area contributed by atoms with Gasteiger partial charge in [0.1, 0.15) is 0 Å². The molecule has 0 bridgehead atoms. The Morgan fingerprint density at radius 3 is 3.17 bits per heavy atom. The second-order valence-electron chi connectivity index (χ2n) is 6.33. The first kappa shape index (κ1) is 15.3. The Kier molecular flexibility index (Phi) is 4.53. The third-order valence-electron chi connectivity index (χ3n) is 4.70. The highest BCUT2D eigenvalue weighted by molar-refractivity contribution is 5.79. The Labute approximate surface area is 141 Å². The zero-order valence-electron chi connectivity index (χ0n) is 13.7. The summed E-state index contributed by atoms with van der Waals surface area (Å²) in [5.41, 5.74) is 3.60. The Balaban J connectivity index is 1.43. The Hall–Kier alpha value is -2.24. The van der Waals surface area contributed by atoms with Gasteiger partial charge in [0.25, 0.3) is 0 Å². The lowest BCUT2D eigenvalue weighted by Gasteiger charge is -2.35. The highest BCUT2D eigenvalue weighted by Gasteiger charge is 2.23. The Morgan fingerprint density at radius 2 is 2.25 bits per heavy atom. The van der Waals surface area contributed by atoms with Crippen LogP contribution in [0, 0.1) is 0 Å². The van der Waals surface area contributed by atoms with Crippen molar-refractivity contribution >= 4 is 10.9 Å². The molecule has 3 heterocycles. The van der Waals surface area contributed by atoms with Gasteiger partial charge in [0, 0.05) is 49.4 Å². The van der Waals surface area contributed by atoms with Crippen molar-refractivity contribution in [2.45, 2.75) is 25.4 Å². The number of aromatic nitrogens is 3. The minimum atomic E-state index is 0.431. The van der Waals surface area contributed by atoms with Crippen LogP contribution in [-0.4, -0.2) is 45.7 Å². The largest absolute Gasteiger partial charge is 0.378 e. The summed E-state index contributed by atoms with van der Waals surface area (Å²) in [7, 11) is 0. The number of benzene rings is 1. The van der Waals surface area contributed by atoms with Crippen LogP contribution in [0.15, 0.2) is 49.1 Å². The molecule has 0 unspecified atom stereocenters. The lowest BCUT2D eigenvalue weighted by Crippen LogP contribution is -2.45. The molecule has 24 heavy (non-hydrogen) atoms. The fourth-order valence-corrected chi connectivity index (χ4v) is 3.36. The number of hydrogen-bond acceptors (Lipinski definition) is 4. The molecule has 1 atom stereocenters. The highest BCUT2D eigenvalue weighted by Crippen LogP contribution is 2.19. The maximum Gasteiger partial charge on any atom is 0.0622 e. The molecule has 1 saturated heterocycles. The molecule has 0 amide bonds. The summed E-state index contributed by atoms with van der Waals surface area (Å²) in [4.78, 5) is 14.4.